The predicted octanol–water partition coefficient (Wildman–Crippen LogP) is 1.33. The van der Waals surface area contributed by atoms with E-state index in [4.69, 9.17) is 0 Å². The number of piperidine rings is 3. The molecule has 0 radical (unpaired) electrons. The van der Waals surface area contributed by atoms with Crippen LogP contribution in [0.4, 0.5) is 0 Å². The van der Waals surface area contributed by atoms with Gasteiger partial charge in [0.25, 0.3) is 0 Å². The molecule has 0 saturated carbocycles. The molecule has 4 heteroatoms. The molecule has 0 aliphatic carbocycles. The van der Waals surface area contributed by atoms with Gasteiger partial charge in [0, 0.05) is 12.5 Å². The first-order chi connectivity index (χ1) is 7.64. The molecule has 0 aromatic carbocycles. The van der Waals surface area contributed by atoms with Crippen LogP contribution in [0.15, 0.2) is 0 Å². The molecule has 3 rings (SSSR count). The number of carboxylic acid groups (broad SMARTS) is 1. The van der Waals surface area contributed by atoms with Crippen LogP contribution in [0.5, 0.6) is 0 Å². The highest BCUT2D eigenvalue weighted by Gasteiger charge is 2.51. The van der Waals surface area contributed by atoms with Crippen molar-refractivity contribution in [3.8, 4) is 6.07 Å². The second-order valence-electron chi connectivity index (χ2n) is 4.99. The second-order valence-corrected chi connectivity index (χ2v) is 4.99. The highest BCUT2D eigenvalue weighted by atomic mass is 16.4. The normalized spacial score (nSPS) is 36.4. The van der Waals surface area contributed by atoms with Crippen LogP contribution in [0, 0.1) is 28.6 Å². The van der Waals surface area contributed by atoms with Crippen molar-refractivity contribution in [2.24, 2.45) is 17.3 Å². The topological polar surface area (TPSA) is 64.3 Å². The van der Waals surface area contributed by atoms with Crippen LogP contribution in [0.25, 0.3) is 0 Å². The molecule has 2 bridgehead atoms. The molecular weight excluding hydrogens is 204 g/mol. The Balaban J connectivity index is 2.28. The van der Waals surface area contributed by atoms with Crippen LogP contribution in [0.3, 0.4) is 0 Å². The number of fused-ring (bicyclic) bond motifs is 3. The van der Waals surface area contributed by atoms with Crippen molar-refractivity contribution in [2.45, 2.75) is 26.2 Å². The Kier molecular flexibility index (Phi) is 2.90. The van der Waals surface area contributed by atoms with Gasteiger partial charge in [0.1, 0.15) is 0 Å². The maximum Gasteiger partial charge on any atom is 0.324 e. The molecule has 2 unspecified atom stereocenters. The number of rotatable bonds is 3. The van der Waals surface area contributed by atoms with Gasteiger partial charge in [0.2, 0.25) is 0 Å². The van der Waals surface area contributed by atoms with Crippen LogP contribution in [0.2, 0.25) is 0 Å². The van der Waals surface area contributed by atoms with Gasteiger partial charge < -0.3 is 10.0 Å². The fraction of sp³-hybridized carbons (Fsp3) is 0.833. The van der Waals surface area contributed by atoms with E-state index in [1.807, 2.05) is 6.92 Å². The maximum atomic E-state index is 11.4. The van der Waals surface area contributed by atoms with Gasteiger partial charge in [-0.05, 0) is 38.3 Å². The Labute approximate surface area is 95.9 Å². The number of hydrogen-bond donors (Lipinski definition) is 1. The molecule has 88 valence electrons. The summed E-state index contributed by atoms with van der Waals surface area (Å²) in [4.78, 5) is 13.7. The van der Waals surface area contributed by atoms with Crippen molar-refractivity contribution < 1.29 is 9.90 Å². The van der Waals surface area contributed by atoms with E-state index in [1.165, 1.54) is 0 Å². The molecule has 1 N–H and O–H groups in total. The maximum absolute atomic E-state index is 11.4. The summed E-state index contributed by atoms with van der Waals surface area (Å²) in [5, 5.41) is 18.6. The van der Waals surface area contributed by atoms with E-state index in [2.05, 4.69) is 11.0 Å². The zero-order valence-electron chi connectivity index (χ0n) is 9.65. The molecule has 3 saturated heterocycles. The van der Waals surface area contributed by atoms with Crippen LogP contribution < -0.4 is 0 Å². The van der Waals surface area contributed by atoms with Crippen molar-refractivity contribution in [1.29, 1.82) is 5.26 Å². The molecule has 3 aliphatic heterocycles. The molecule has 0 aromatic heterocycles. The highest BCUT2D eigenvalue weighted by Crippen LogP contribution is 2.44. The number of nitrogens with zero attached hydrogens (tertiary/aromatic N) is 2. The highest BCUT2D eigenvalue weighted by molar-refractivity contribution is 5.78. The molecule has 0 spiro atoms. The summed E-state index contributed by atoms with van der Waals surface area (Å²) in [6.07, 6.45) is 2.52. The summed E-state index contributed by atoms with van der Waals surface area (Å²) >= 11 is 0. The zero-order chi connectivity index (χ0) is 11.8. The predicted molar refractivity (Wildman–Crippen MR) is 58.6 cm³/mol. The first kappa shape index (κ1) is 11.4. The Morgan fingerprint density at radius 3 is 2.50 bits per heavy atom. The fourth-order valence-corrected chi connectivity index (χ4v) is 3.31. The summed E-state index contributed by atoms with van der Waals surface area (Å²) in [6.45, 7) is 4.76. The molecule has 3 fully saturated rings. The van der Waals surface area contributed by atoms with Gasteiger partial charge in [-0.3, -0.25) is 4.79 Å². The Hall–Kier alpha value is -1.08. The lowest BCUT2D eigenvalue weighted by atomic mass is 9.63. The van der Waals surface area contributed by atoms with Crippen molar-refractivity contribution in [1.82, 2.24) is 4.90 Å². The summed E-state index contributed by atoms with van der Waals surface area (Å²) < 4.78 is 0. The molecule has 0 amide bonds. The van der Waals surface area contributed by atoms with Crippen molar-refractivity contribution in [3.05, 3.63) is 0 Å². The largest absolute Gasteiger partial charge is 0.480 e. The van der Waals surface area contributed by atoms with E-state index in [-0.39, 0.29) is 5.92 Å². The Morgan fingerprint density at radius 2 is 2.19 bits per heavy atom. The summed E-state index contributed by atoms with van der Waals surface area (Å²) in [5.74, 6) is -0.487. The molecule has 2 atom stereocenters. The van der Waals surface area contributed by atoms with Crippen molar-refractivity contribution in [2.75, 3.05) is 19.6 Å². The number of carbonyl (C=O) groups is 1. The van der Waals surface area contributed by atoms with Crippen LogP contribution in [-0.4, -0.2) is 35.6 Å². The first-order valence-electron chi connectivity index (χ1n) is 6.01. The van der Waals surface area contributed by atoms with Gasteiger partial charge in [-0.25, -0.2) is 0 Å². The van der Waals surface area contributed by atoms with Gasteiger partial charge >= 0.3 is 5.97 Å². The summed E-state index contributed by atoms with van der Waals surface area (Å²) in [7, 11) is 0. The van der Waals surface area contributed by atoms with Gasteiger partial charge in [0.15, 0.2) is 5.41 Å². The summed E-state index contributed by atoms with van der Waals surface area (Å²) in [6, 6.07) is 2.09. The van der Waals surface area contributed by atoms with E-state index in [0.29, 0.717) is 12.3 Å². The van der Waals surface area contributed by atoms with Crippen LogP contribution in [0.1, 0.15) is 26.2 Å². The third-order valence-corrected chi connectivity index (χ3v) is 4.43. The van der Waals surface area contributed by atoms with E-state index >= 15 is 0 Å². The molecule has 3 aliphatic rings. The SMILES string of the molecule is CCC(C#N)(C(=O)O)C1CN2CCC1CC2. The average Bonchev–Trinajstić information content (AvgIpc) is 2.32. The average molecular weight is 222 g/mol. The Morgan fingerprint density at radius 1 is 1.56 bits per heavy atom. The minimum Gasteiger partial charge on any atom is -0.480 e. The molecular formula is C12H18N2O2. The number of hydrogen-bond acceptors (Lipinski definition) is 3. The first-order valence-corrected chi connectivity index (χ1v) is 6.01. The standard InChI is InChI=1S/C12H18N2O2/c1-2-12(8-13,11(15)16)10-7-14-5-3-9(10)4-6-14/h9-10H,2-7H2,1H3,(H,15,16). The monoisotopic (exact) mass is 222 g/mol. The van der Waals surface area contributed by atoms with Gasteiger partial charge in [-0.2, -0.15) is 5.26 Å². The molecule has 16 heavy (non-hydrogen) atoms. The number of aliphatic carboxylic acids is 1. The molecule has 3 heterocycles. The Bertz CT molecular complexity index is 328. The third kappa shape index (κ3) is 1.51. The lowest BCUT2D eigenvalue weighted by Crippen LogP contribution is -2.55. The van der Waals surface area contributed by atoms with Gasteiger partial charge in [-0.15, -0.1) is 0 Å². The van der Waals surface area contributed by atoms with Gasteiger partial charge in [0.05, 0.1) is 6.07 Å². The van der Waals surface area contributed by atoms with Gasteiger partial charge in [-0.1, -0.05) is 6.92 Å². The molecule has 0 aromatic rings. The van der Waals surface area contributed by atoms with E-state index in [0.717, 1.165) is 32.5 Å². The van der Waals surface area contributed by atoms with Crippen molar-refractivity contribution in [3.63, 3.8) is 0 Å². The van der Waals surface area contributed by atoms with Crippen molar-refractivity contribution >= 4 is 5.97 Å². The third-order valence-electron chi connectivity index (χ3n) is 4.43. The van der Waals surface area contributed by atoms with E-state index in [9.17, 15) is 15.2 Å². The summed E-state index contributed by atoms with van der Waals surface area (Å²) in [5.41, 5.74) is -1.16. The van der Waals surface area contributed by atoms with Crippen LogP contribution in [-0.2, 0) is 4.79 Å². The smallest absolute Gasteiger partial charge is 0.324 e. The second kappa shape index (κ2) is 4.06. The molecule has 4 nitrogen and oxygen atoms in total. The van der Waals surface area contributed by atoms with Crippen LogP contribution >= 0.6 is 0 Å². The number of nitriles is 1. The minimum absolute atomic E-state index is 0.0162. The van der Waals surface area contributed by atoms with E-state index < -0.39 is 11.4 Å². The number of carboxylic acids is 1. The van der Waals surface area contributed by atoms with E-state index in [1.54, 1.807) is 0 Å². The zero-order valence-corrected chi connectivity index (χ0v) is 9.65. The lowest BCUT2D eigenvalue weighted by molar-refractivity contribution is -0.153. The minimum atomic E-state index is -1.16. The quantitative estimate of drug-likeness (QED) is 0.782. The fourth-order valence-electron chi connectivity index (χ4n) is 3.31. The lowest BCUT2D eigenvalue weighted by Gasteiger charge is -2.49.